The Labute approximate surface area is 165 Å². The van der Waals surface area contributed by atoms with Crippen LogP contribution in [0.25, 0.3) is 5.69 Å². The van der Waals surface area contributed by atoms with E-state index in [0.29, 0.717) is 24.1 Å². The zero-order chi connectivity index (χ0) is 21.6. The average Bonchev–Trinajstić information content (AvgIpc) is 3.39. The molecule has 0 saturated carbocycles. The van der Waals surface area contributed by atoms with Gasteiger partial charge >= 0.3 is 6.18 Å². The van der Waals surface area contributed by atoms with E-state index in [2.05, 4.69) is 25.1 Å². The summed E-state index contributed by atoms with van der Waals surface area (Å²) in [5, 5.41) is 9.57. The predicted molar refractivity (Wildman–Crippen MR) is 90.7 cm³/mol. The average molecular weight is 427 g/mol. The van der Waals surface area contributed by atoms with Crippen molar-refractivity contribution in [3.63, 3.8) is 0 Å². The molecule has 0 radical (unpaired) electrons. The van der Waals surface area contributed by atoms with Crippen LogP contribution < -0.4 is 5.32 Å². The van der Waals surface area contributed by atoms with Crippen LogP contribution in [0.3, 0.4) is 0 Å². The standard InChI is InChI=1S/C18H14F5N5O2/c1-8(16-25-17(27-30-16)18(21,22)23)24-15(29)14-10-3-2-4-13(10)28(26-14)9-5-6-11(19)12(20)7-9/h5-8H,2-4H2,1H3,(H,24,29). The first-order valence-corrected chi connectivity index (χ1v) is 8.93. The molecule has 1 aliphatic rings. The highest BCUT2D eigenvalue weighted by Crippen LogP contribution is 2.30. The molecule has 158 valence electrons. The molecule has 1 atom stereocenters. The van der Waals surface area contributed by atoms with Gasteiger partial charge in [-0.1, -0.05) is 5.16 Å². The molecule has 30 heavy (non-hydrogen) atoms. The van der Waals surface area contributed by atoms with Gasteiger partial charge in [0.2, 0.25) is 5.89 Å². The lowest BCUT2D eigenvalue weighted by Crippen LogP contribution is -2.28. The largest absolute Gasteiger partial charge is 0.455 e. The van der Waals surface area contributed by atoms with Crippen molar-refractivity contribution < 1.29 is 31.3 Å². The zero-order valence-corrected chi connectivity index (χ0v) is 15.4. The number of rotatable bonds is 4. The number of amides is 1. The summed E-state index contributed by atoms with van der Waals surface area (Å²) in [6.45, 7) is 1.39. The molecular weight excluding hydrogens is 413 g/mol. The van der Waals surface area contributed by atoms with Crippen LogP contribution in [-0.4, -0.2) is 25.8 Å². The van der Waals surface area contributed by atoms with Crippen molar-refractivity contribution in [3.05, 3.63) is 58.5 Å². The SMILES string of the molecule is CC(NC(=O)c1nn(-c2ccc(F)c(F)c2)c2c1CCC2)c1nc(C(F)(F)F)no1. The summed E-state index contributed by atoms with van der Waals surface area (Å²) in [5.74, 6) is -4.57. The van der Waals surface area contributed by atoms with E-state index >= 15 is 0 Å². The molecule has 1 aromatic carbocycles. The quantitative estimate of drug-likeness (QED) is 0.644. The maximum Gasteiger partial charge on any atom is 0.455 e. The number of alkyl halides is 3. The molecule has 1 unspecified atom stereocenters. The summed E-state index contributed by atoms with van der Waals surface area (Å²) in [6, 6.07) is 2.27. The van der Waals surface area contributed by atoms with Gasteiger partial charge in [-0.2, -0.15) is 23.3 Å². The van der Waals surface area contributed by atoms with E-state index in [4.69, 9.17) is 0 Å². The molecule has 0 bridgehead atoms. The second kappa shape index (κ2) is 7.18. The fourth-order valence-corrected chi connectivity index (χ4v) is 3.30. The minimum atomic E-state index is -4.77. The van der Waals surface area contributed by atoms with Crippen LogP contribution in [-0.2, 0) is 19.0 Å². The van der Waals surface area contributed by atoms with E-state index in [9.17, 15) is 26.7 Å². The molecule has 2 heterocycles. The molecular formula is C18H14F5N5O2. The van der Waals surface area contributed by atoms with Gasteiger partial charge in [0.05, 0.1) is 5.69 Å². The molecule has 0 aliphatic heterocycles. The smallest absolute Gasteiger partial charge is 0.339 e. The van der Waals surface area contributed by atoms with E-state index in [1.54, 1.807) is 0 Å². The Morgan fingerprint density at radius 2 is 2.00 bits per heavy atom. The number of benzene rings is 1. The fourth-order valence-electron chi connectivity index (χ4n) is 3.30. The lowest BCUT2D eigenvalue weighted by atomic mass is 10.2. The molecule has 12 heteroatoms. The van der Waals surface area contributed by atoms with Gasteiger partial charge in [0, 0.05) is 17.3 Å². The summed E-state index contributed by atoms with van der Waals surface area (Å²) < 4.78 is 70.7. The first kappa shape index (κ1) is 20.0. The number of hydrogen-bond acceptors (Lipinski definition) is 5. The summed E-state index contributed by atoms with van der Waals surface area (Å²) in [4.78, 5) is 16.0. The van der Waals surface area contributed by atoms with Crippen molar-refractivity contribution in [2.24, 2.45) is 0 Å². The first-order valence-electron chi connectivity index (χ1n) is 8.93. The van der Waals surface area contributed by atoms with Gasteiger partial charge in [0.15, 0.2) is 17.3 Å². The van der Waals surface area contributed by atoms with Gasteiger partial charge < -0.3 is 9.84 Å². The van der Waals surface area contributed by atoms with E-state index < -0.39 is 41.5 Å². The maximum atomic E-state index is 13.6. The molecule has 1 amide bonds. The van der Waals surface area contributed by atoms with Crippen LogP contribution >= 0.6 is 0 Å². The van der Waals surface area contributed by atoms with Crippen LogP contribution in [0.1, 0.15) is 52.8 Å². The van der Waals surface area contributed by atoms with E-state index in [0.717, 1.165) is 18.6 Å². The normalized spacial score (nSPS) is 14.6. The van der Waals surface area contributed by atoms with Crippen molar-refractivity contribution in [1.82, 2.24) is 25.2 Å². The number of nitrogens with one attached hydrogen (secondary N) is 1. The summed E-state index contributed by atoms with van der Waals surface area (Å²) in [6.07, 6.45) is -2.89. The van der Waals surface area contributed by atoms with Crippen LogP contribution in [0.2, 0.25) is 0 Å². The number of aromatic nitrogens is 4. The molecule has 4 rings (SSSR count). The number of carbonyl (C=O) groups is 1. The van der Waals surface area contributed by atoms with Crippen LogP contribution in [0, 0.1) is 11.6 Å². The Balaban J connectivity index is 1.60. The third-order valence-corrected chi connectivity index (χ3v) is 4.71. The number of hydrogen-bond donors (Lipinski definition) is 1. The molecule has 3 aromatic rings. The Kier molecular flexibility index (Phi) is 4.79. The fraction of sp³-hybridized carbons (Fsp3) is 0.333. The Bertz CT molecular complexity index is 1120. The van der Waals surface area contributed by atoms with Crippen LogP contribution in [0.5, 0.6) is 0 Å². The van der Waals surface area contributed by atoms with Gasteiger partial charge in [0.1, 0.15) is 6.04 Å². The third-order valence-electron chi connectivity index (χ3n) is 4.71. The van der Waals surface area contributed by atoms with Gasteiger partial charge in [0.25, 0.3) is 11.7 Å². The summed E-state index contributed by atoms with van der Waals surface area (Å²) in [7, 11) is 0. The minimum Gasteiger partial charge on any atom is -0.339 e. The Morgan fingerprint density at radius 3 is 2.67 bits per heavy atom. The van der Waals surface area contributed by atoms with Crippen molar-refractivity contribution in [3.8, 4) is 5.69 Å². The first-order chi connectivity index (χ1) is 14.1. The minimum absolute atomic E-state index is 0.0506. The van der Waals surface area contributed by atoms with Crippen molar-refractivity contribution in [2.45, 2.75) is 38.4 Å². The van der Waals surface area contributed by atoms with Gasteiger partial charge in [-0.3, -0.25) is 4.79 Å². The highest BCUT2D eigenvalue weighted by Gasteiger charge is 2.38. The number of carbonyl (C=O) groups excluding carboxylic acids is 1. The second-order valence-electron chi connectivity index (χ2n) is 6.79. The van der Waals surface area contributed by atoms with Gasteiger partial charge in [-0.25, -0.2) is 13.5 Å². The second-order valence-corrected chi connectivity index (χ2v) is 6.79. The van der Waals surface area contributed by atoms with E-state index in [-0.39, 0.29) is 11.4 Å². The Morgan fingerprint density at radius 1 is 1.23 bits per heavy atom. The topological polar surface area (TPSA) is 85.8 Å². The van der Waals surface area contributed by atoms with Gasteiger partial charge in [-0.05, 0) is 38.3 Å². The van der Waals surface area contributed by atoms with Crippen LogP contribution in [0.15, 0.2) is 22.7 Å². The van der Waals surface area contributed by atoms with Crippen molar-refractivity contribution in [1.29, 1.82) is 0 Å². The summed E-state index contributed by atoms with van der Waals surface area (Å²) >= 11 is 0. The van der Waals surface area contributed by atoms with E-state index in [1.165, 1.54) is 17.7 Å². The molecule has 0 saturated heterocycles. The maximum absolute atomic E-state index is 13.6. The summed E-state index contributed by atoms with van der Waals surface area (Å²) in [5.41, 5.74) is 1.64. The lowest BCUT2D eigenvalue weighted by molar-refractivity contribution is -0.146. The number of fused-ring (bicyclic) bond motifs is 1. The van der Waals surface area contributed by atoms with Crippen molar-refractivity contribution in [2.75, 3.05) is 0 Å². The zero-order valence-electron chi connectivity index (χ0n) is 15.4. The highest BCUT2D eigenvalue weighted by atomic mass is 19.4. The van der Waals surface area contributed by atoms with Crippen LogP contribution in [0.4, 0.5) is 22.0 Å². The predicted octanol–water partition coefficient (Wildman–Crippen LogP) is 3.53. The molecule has 7 nitrogen and oxygen atoms in total. The number of halogens is 5. The van der Waals surface area contributed by atoms with Gasteiger partial charge in [-0.15, -0.1) is 0 Å². The lowest BCUT2D eigenvalue weighted by Gasteiger charge is -2.09. The third kappa shape index (κ3) is 3.53. The monoisotopic (exact) mass is 427 g/mol. The highest BCUT2D eigenvalue weighted by molar-refractivity contribution is 5.94. The molecule has 1 aliphatic carbocycles. The molecule has 1 N–H and O–H groups in total. The van der Waals surface area contributed by atoms with E-state index in [1.807, 2.05) is 0 Å². The molecule has 0 spiro atoms. The Hall–Kier alpha value is -3.31. The molecule has 0 fully saturated rings. The van der Waals surface area contributed by atoms with Crippen molar-refractivity contribution >= 4 is 5.91 Å². The molecule has 2 aromatic heterocycles. The number of nitrogens with zero attached hydrogens (tertiary/aromatic N) is 4.